The van der Waals surface area contributed by atoms with E-state index in [0.29, 0.717) is 22.3 Å². The summed E-state index contributed by atoms with van der Waals surface area (Å²) in [5.41, 5.74) is 1.86. The predicted molar refractivity (Wildman–Crippen MR) is 105 cm³/mol. The van der Waals surface area contributed by atoms with Crippen molar-refractivity contribution in [2.75, 3.05) is 5.32 Å². The first kappa shape index (κ1) is 18.4. The van der Waals surface area contributed by atoms with Gasteiger partial charge in [0.2, 0.25) is 5.13 Å². The van der Waals surface area contributed by atoms with Gasteiger partial charge >= 0.3 is 0 Å². The number of ether oxygens (including phenoxy) is 1. The van der Waals surface area contributed by atoms with E-state index in [9.17, 15) is 4.79 Å². The number of carbonyl (C=O) groups excluding carboxylic acids is 1. The summed E-state index contributed by atoms with van der Waals surface area (Å²) in [4.78, 5) is 12.5. The molecule has 5 nitrogen and oxygen atoms in total. The average molecular weight is 388 g/mol. The average Bonchev–Trinajstić information content (AvgIpc) is 3.11. The number of aromatic nitrogens is 2. The highest BCUT2D eigenvalue weighted by molar-refractivity contribution is 7.18. The quantitative estimate of drug-likeness (QED) is 0.649. The van der Waals surface area contributed by atoms with Gasteiger partial charge in [0, 0.05) is 10.6 Å². The number of anilines is 1. The second-order valence-corrected chi connectivity index (χ2v) is 7.08. The van der Waals surface area contributed by atoms with E-state index in [0.717, 1.165) is 16.1 Å². The van der Waals surface area contributed by atoms with Gasteiger partial charge in [-0.25, -0.2) is 0 Å². The molecule has 3 aromatic rings. The third-order valence-corrected chi connectivity index (χ3v) is 5.06. The second-order valence-electron chi connectivity index (χ2n) is 5.69. The SMILES string of the molecule is CCC(Oc1ccc(Cl)c(C)c1)C(=O)Nc1nnc(-c2ccccc2)s1. The summed E-state index contributed by atoms with van der Waals surface area (Å²) in [6, 6.07) is 15.0. The Bertz CT molecular complexity index is 899. The summed E-state index contributed by atoms with van der Waals surface area (Å²) in [7, 11) is 0. The molecule has 1 atom stereocenters. The smallest absolute Gasteiger partial charge is 0.267 e. The Morgan fingerprint density at radius 3 is 2.69 bits per heavy atom. The third kappa shape index (κ3) is 4.39. The van der Waals surface area contributed by atoms with Crippen LogP contribution in [0.15, 0.2) is 48.5 Å². The summed E-state index contributed by atoms with van der Waals surface area (Å²) < 4.78 is 5.81. The van der Waals surface area contributed by atoms with Crippen molar-refractivity contribution in [3.63, 3.8) is 0 Å². The fourth-order valence-electron chi connectivity index (χ4n) is 2.33. The van der Waals surface area contributed by atoms with E-state index in [1.807, 2.05) is 50.2 Å². The van der Waals surface area contributed by atoms with Gasteiger partial charge in [0.05, 0.1) is 0 Å². The topological polar surface area (TPSA) is 64.1 Å². The Morgan fingerprint density at radius 1 is 1.23 bits per heavy atom. The van der Waals surface area contributed by atoms with E-state index in [1.165, 1.54) is 11.3 Å². The van der Waals surface area contributed by atoms with Crippen LogP contribution in [0.5, 0.6) is 5.75 Å². The van der Waals surface area contributed by atoms with Gasteiger partial charge in [-0.1, -0.05) is 60.2 Å². The fourth-order valence-corrected chi connectivity index (χ4v) is 3.20. The van der Waals surface area contributed by atoms with E-state index in [1.54, 1.807) is 12.1 Å². The van der Waals surface area contributed by atoms with E-state index >= 15 is 0 Å². The van der Waals surface area contributed by atoms with Gasteiger partial charge in [-0.05, 0) is 37.1 Å². The molecule has 0 saturated heterocycles. The number of hydrogen-bond acceptors (Lipinski definition) is 5. The molecule has 134 valence electrons. The van der Waals surface area contributed by atoms with Crippen LogP contribution < -0.4 is 10.1 Å². The lowest BCUT2D eigenvalue weighted by Gasteiger charge is -2.16. The van der Waals surface area contributed by atoms with Crippen molar-refractivity contribution < 1.29 is 9.53 Å². The van der Waals surface area contributed by atoms with Crippen LogP contribution in [0.4, 0.5) is 5.13 Å². The molecule has 0 saturated carbocycles. The second kappa shape index (κ2) is 8.29. The first-order chi connectivity index (χ1) is 12.6. The molecule has 1 amide bonds. The molecular formula is C19H18ClN3O2S. The number of amides is 1. The molecular weight excluding hydrogens is 370 g/mol. The molecule has 0 spiro atoms. The Balaban J connectivity index is 1.67. The van der Waals surface area contributed by atoms with Crippen LogP contribution in [-0.2, 0) is 4.79 Å². The molecule has 1 aromatic heterocycles. The number of hydrogen-bond donors (Lipinski definition) is 1. The molecule has 1 unspecified atom stereocenters. The Labute approximate surface area is 161 Å². The van der Waals surface area contributed by atoms with E-state index in [2.05, 4.69) is 15.5 Å². The number of benzene rings is 2. The number of nitrogens with zero attached hydrogens (tertiary/aromatic N) is 2. The largest absolute Gasteiger partial charge is 0.481 e. The van der Waals surface area contributed by atoms with Gasteiger partial charge in [-0.2, -0.15) is 0 Å². The standard InChI is InChI=1S/C19H18ClN3O2S/c1-3-16(25-14-9-10-15(20)12(2)11-14)17(24)21-19-23-22-18(26-19)13-7-5-4-6-8-13/h4-11,16H,3H2,1-2H3,(H,21,23,24). The Hall–Kier alpha value is -2.44. The summed E-state index contributed by atoms with van der Waals surface area (Å²) >= 11 is 7.35. The molecule has 7 heteroatoms. The number of halogens is 1. The number of nitrogens with one attached hydrogen (secondary N) is 1. The van der Waals surface area contributed by atoms with Crippen molar-refractivity contribution in [2.24, 2.45) is 0 Å². The maximum Gasteiger partial charge on any atom is 0.267 e. The minimum atomic E-state index is -0.625. The molecule has 0 radical (unpaired) electrons. The van der Waals surface area contributed by atoms with Crippen molar-refractivity contribution in [3.05, 3.63) is 59.1 Å². The van der Waals surface area contributed by atoms with E-state index in [4.69, 9.17) is 16.3 Å². The monoisotopic (exact) mass is 387 g/mol. The van der Waals surface area contributed by atoms with E-state index in [-0.39, 0.29) is 5.91 Å². The van der Waals surface area contributed by atoms with E-state index < -0.39 is 6.10 Å². The maximum absolute atomic E-state index is 12.5. The fraction of sp³-hybridized carbons (Fsp3) is 0.211. The van der Waals surface area contributed by atoms with Crippen molar-refractivity contribution in [3.8, 4) is 16.3 Å². The van der Waals surface area contributed by atoms with Crippen LogP contribution in [0.25, 0.3) is 10.6 Å². The lowest BCUT2D eigenvalue weighted by Crippen LogP contribution is -2.32. The highest BCUT2D eigenvalue weighted by Crippen LogP contribution is 2.27. The third-order valence-electron chi connectivity index (χ3n) is 3.75. The zero-order chi connectivity index (χ0) is 18.5. The molecule has 0 aliphatic rings. The van der Waals surface area contributed by atoms with Crippen molar-refractivity contribution in [1.82, 2.24) is 10.2 Å². The zero-order valence-electron chi connectivity index (χ0n) is 14.4. The normalized spacial score (nSPS) is 11.8. The maximum atomic E-state index is 12.5. The summed E-state index contributed by atoms with van der Waals surface area (Å²) in [5.74, 6) is 0.354. The molecule has 1 N–H and O–H groups in total. The molecule has 0 bridgehead atoms. The van der Waals surface area contributed by atoms with Crippen molar-refractivity contribution in [1.29, 1.82) is 0 Å². The van der Waals surface area contributed by atoms with Crippen molar-refractivity contribution in [2.45, 2.75) is 26.4 Å². The van der Waals surface area contributed by atoms with Gasteiger partial charge in [-0.15, -0.1) is 10.2 Å². The number of carbonyl (C=O) groups is 1. The number of aryl methyl sites for hydroxylation is 1. The van der Waals surface area contributed by atoms with Crippen LogP contribution >= 0.6 is 22.9 Å². The first-order valence-electron chi connectivity index (χ1n) is 8.19. The van der Waals surface area contributed by atoms with Gasteiger partial charge < -0.3 is 4.74 Å². The highest BCUT2D eigenvalue weighted by atomic mass is 35.5. The van der Waals surface area contributed by atoms with Crippen LogP contribution in [0.1, 0.15) is 18.9 Å². The first-order valence-corrected chi connectivity index (χ1v) is 9.39. The molecule has 1 heterocycles. The van der Waals surface area contributed by atoms with Gasteiger partial charge in [0.1, 0.15) is 10.8 Å². The molecule has 0 aliphatic heterocycles. The van der Waals surface area contributed by atoms with Crippen molar-refractivity contribution >= 4 is 34.0 Å². The molecule has 2 aromatic carbocycles. The summed E-state index contributed by atoms with van der Waals surface area (Å²) in [6.07, 6.45) is -0.0997. The van der Waals surface area contributed by atoms with Gasteiger partial charge in [0.25, 0.3) is 5.91 Å². The van der Waals surface area contributed by atoms with Crippen LogP contribution in [0, 0.1) is 6.92 Å². The Morgan fingerprint density at radius 2 is 2.00 bits per heavy atom. The zero-order valence-corrected chi connectivity index (χ0v) is 16.0. The van der Waals surface area contributed by atoms with Gasteiger partial charge in [-0.3, -0.25) is 10.1 Å². The molecule has 26 heavy (non-hydrogen) atoms. The highest BCUT2D eigenvalue weighted by Gasteiger charge is 2.20. The van der Waals surface area contributed by atoms with Crippen LogP contribution in [0.2, 0.25) is 5.02 Å². The minimum absolute atomic E-state index is 0.254. The van der Waals surface area contributed by atoms with Crippen LogP contribution in [0.3, 0.4) is 0 Å². The summed E-state index contributed by atoms with van der Waals surface area (Å²) in [6.45, 7) is 3.78. The Kier molecular flexibility index (Phi) is 5.85. The number of rotatable bonds is 6. The summed E-state index contributed by atoms with van der Waals surface area (Å²) in [5, 5.41) is 12.8. The molecule has 0 fully saturated rings. The molecule has 3 rings (SSSR count). The van der Waals surface area contributed by atoms with Gasteiger partial charge in [0.15, 0.2) is 6.10 Å². The lowest BCUT2D eigenvalue weighted by molar-refractivity contribution is -0.122. The minimum Gasteiger partial charge on any atom is -0.481 e. The molecule has 0 aliphatic carbocycles. The lowest BCUT2D eigenvalue weighted by atomic mass is 10.2. The predicted octanol–water partition coefficient (Wildman–Crippen LogP) is 4.96. The van der Waals surface area contributed by atoms with Crippen LogP contribution in [-0.4, -0.2) is 22.2 Å².